The predicted molar refractivity (Wildman–Crippen MR) is 114 cm³/mol. The summed E-state index contributed by atoms with van der Waals surface area (Å²) in [6, 6.07) is 18.9. The van der Waals surface area contributed by atoms with Crippen LogP contribution in [0.25, 0.3) is 10.6 Å². The monoisotopic (exact) mass is 389 g/mol. The smallest absolute Gasteiger partial charge is 0.227 e. The second-order valence-electron chi connectivity index (χ2n) is 6.25. The molecule has 4 rings (SSSR count). The first-order valence-corrected chi connectivity index (χ1v) is 9.57. The molecule has 0 bridgehead atoms. The highest BCUT2D eigenvalue weighted by Gasteiger charge is 2.15. The molecule has 0 aliphatic rings. The molecular weight excluding hydrogens is 370 g/mol. The first kappa shape index (κ1) is 17.9. The number of nitrogens with one attached hydrogen (secondary N) is 1. The number of para-hydroxylation sites is 1. The standard InChI is InChI=1S/C21H19N5OS/c1-14-19(28-21(23-14)26(2)16-8-4-3-5-9-16)18-11-12-22-20(25-18)24-15-7-6-10-17(27)13-15/h3-13,27H,1-2H3,(H,22,24,25). The van der Waals surface area contributed by atoms with Crippen LogP contribution >= 0.6 is 11.3 Å². The third kappa shape index (κ3) is 3.79. The Morgan fingerprint density at radius 3 is 2.61 bits per heavy atom. The van der Waals surface area contributed by atoms with Crippen molar-refractivity contribution < 1.29 is 5.11 Å². The molecule has 0 spiro atoms. The summed E-state index contributed by atoms with van der Waals surface area (Å²) in [5, 5.41) is 13.6. The molecule has 0 saturated carbocycles. The quantitative estimate of drug-likeness (QED) is 0.493. The molecule has 7 heteroatoms. The van der Waals surface area contributed by atoms with E-state index in [0.29, 0.717) is 5.95 Å². The van der Waals surface area contributed by atoms with E-state index in [1.807, 2.05) is 44.3 Å². The van der Waals surface area contributed by atoms with Crippen LogP contribution in [0.3, 0.4) is 0 Å². The van der Waals surface area contributed by atoms with Crippen LogP contribution in [-0.4, -0.2) is 27.1 Å². The first-order chi connectivity index (χ1) is 13.6. The average molecular weight is 389 g/mol. The molecule has 0 unspecified atom stereocenters. The van der Waals surface area contributed by atoms with Gasteiger partial charge in [0.25, 0.3) is 0 Å². The van der Waals surface area contributed by atoms with E-state index >= 15 is 0 Å². The summed E-state index contributed by atoms with van der Waals surface area (Å²) in [5.74, 6) is 0.655. The predicted octanol–water partition coefficient (Wildman–Crippen LogP) is 5.13. The normalized spacial score (nSPS) is 10.6. The third-order valence-corrected chi connectivity index (χ3v) is 5.46. The van der Waals surface area contributed by atoms with Crippen LogP contribution in [0.4, 0.5) is 22.5 Å². The van der Waals surface area contributed by atoms with Crippen molar-refractivity contribution in [3.05, 3.63) is 72.6 Å². The lowest BCUT2D eigenvalue weighted by Crippen LogP contribution is -2.08. The fraction of sp³-hybridized carbons (Fsp3) is 0.0952. The Labute approximate surface area is 167 Å². The van der Waals surface area contributed by atoms with E-state index in [1.165, 1.54) is 0 Å². The van der Waals surface area contributed by atoms with Crippen molar-refractivity contribution in [3.63, 3.8) is 0 Å². The lowest BCUT2D eigenvalue weighted by molar-refractivity contribution is 0.475. The van der Waals surface area contributed by atoms with Crippen LogP contribution in [0.1, 0.15) is 5.69 Å². The third-order valence-electron chi connectivity index (χ3n) is 4.21. The van der Waals surface area contributed by atoms with Gasteiger partial charge in [0.05, 0.1) is 16.3 Å². The van der Waals surface area contributed by atoms with Crippen molar-refractivity contribution >= 4 is 33.8 Å². The fourth-order valence-electron chi connectivity index (χ4n) is 2.78. The molecule has 2 N–H and O–H groups in total. The van der Waals surface area contributed by atoms with Crippen LogP contribution in [0, 0.1) is 6.92 Å². The molecule has 2 aromatic carbocycles. The van der Waals surface area contributed by atoms with Gasteiger partial charge in [0, 0.05) is 30.7 Å². The zero-order valence-electron chi connectivity index (χ0n) is 15.5. The van der Waals surface area contributed by atoms with E-state index in [9.17, 15) is 5.11 Å². The van der Waals surface area contributed by atoms with E-state index in [0.717, 1.165) is 32.8 Å². The molecule has 2 aromatic heterocycles. The molecule has 0 amide bonds. The maximum atomic E-state index is 9.62. The number of anilines is 4. The zero-order valence-corrected chi connectivity index (χ0v) is 16.3. The topological polar surface area (TPSA) is 74.2 Å². The second-order valence-corrected chi connectivity index (χ2v) is 7.22. The molecule has 0 aliphatic carbocycles. The number of thiazole rings is 1. The number of aryl methyl sites for hydroxylation is 1. The largest absolute Gasteiger partial charge is 0.508 e. The molecule has 0 saturated heterocycles. The Morgan fingerprint density at radius 1 is 1.00 bits per heavy atom. The minimum atomic E-state index is 0.188. The maximum absolute atomic E-state index is 9.62. The van der Waals surface area contributed by atoms with Crippen molar-refractivity contribution in [1.82, 2.24) is 15.0 Å². The van der Waals surface area contributed by atoms with Gasteiger partial charge in [-0.2, -0.15) is 0 Å². The number of phenolic OH excluding ortho intramolecular Hbond substituents is 1. The SMILES string of the molecule is Cc1nc(N(C)c2ccccc2)sc1-c1ccnc(Nc2cccc(O)c2)n1. The van der Waals surface area contributed by atoms with Gasteiger partial charge in [0.2, 0.25) is 5.95 Å². The molecule has 28 heavy (non-hydrogen) atoms. The molecule has 6 nitrogen and oxygen atoms in total. The minimum absolute atomic E-state index is 0.188. The molecular formula is C21H19N5OS. The summed E-state index contributed by atoms with van der Waals surface area (Å²) in [5.41, 5.74) is 3.53. The molecule has 2 heterocycles. The van der Waals surface area contributed by atoms with Crippen molar-refractivity contribution in [2.24, 2.45) is 0 Å². The van der Waals surface area contributed by atoms with E-state index in [4.69, 9.17) is 4.98 Å². The van der Waals surface area contributed by atoms with Crippen LogP contribution in [0.15, 0.2) is 66.9 Å². The molecule has 0 atom stereocenters. The number of aromatic hydroxyl groups is 1. The van der Waals surface area contributed by atoms with Crippen molar-refractivity contribution in [2.45, 2.75) is 6.92 Å². The number of hydrogen-bond acceptors (Lipinski definition) is 7. The highest BCUT2D eigenvalue weighted by atomic mass is 32.1. The number of phenols is 1. The summed E-state index contributed by atoms with van der Waals surface area (Å²) < 4.78 is 0. The van der Waals surface area contributed by atoms with Gasteiger partial charge < -0.3 is 15.3 Å². The number of nitrogens with zero attached hydrogens (tertiary/aromatic N) is 4. The van der Waals surface area contributed by atoms with Crippen LogP contribution < -0.4 is 10.2 Å². The van der Waals surface area contributed by atoms with Gasteiger partial charge in [-0.15, -0.1) is 0 Å². The Hall–Kier alpha value is -3.45. The van der Waals surface area contributed by atoms with Crippen LogP contribution in [0.2, 0.25) is 0 Å². The van der Waals surface area contributed by atoms with Gasteiger partial charge in [0.15, 0.2) is 5.13 Å². The Morgan fingerprint density at radius 2 is 1.82 bits per heavy atom. The van der Waals surface area contributed by atoms with Crippen molar-refractivity contribution in [1.29, 1.82) is 0 Å². The number of rotatable bonds is 5. The first-order valence-electron chi connectivity index (χ1n) is 8.76. The van der Waals surface area contributed by atoms with Crippen molar-refractivity contribution in [3.8, 4) is 16.3 Å². The van der Waals surface area contributed by atoms with Gasteiger partial charge in [-0.1, -0.05) is 35.6 Å². The van der Waals surface area contributed by atoms with Gasteiger partial charge >= 0.3 is 0 Å². The van der Waals surface area contributed by atoms with E-state index < -0.39 is 0 Å². The van der Waals surface area contributed by atoms with Gasteiger partial charge in [-0.05, 0) is 37.3 Å². The fourth-order valence-corrected chi connectivity index (χ4v) is 3.80. The average Bonchev–Trinajstić information content (AvgIpc) is 3.10. The summed E-state index contributed by atoms with van der Waals surface area (Å²) >= 11 is 1.59. The van der Waals surface area contributed by atoms with Crippen LogP contribution in [-0.2, 0) is 0 Å². The zero-order chi connectivity index (χ0) is 19.5. The molecule has 140 valence electrons. The Bertz CT molecular complexity index is 1100. The summed E-state index contributed by atoms with van der Waals surface area (Å²) in [4.78, 5) is 16.7. The van der Waals surface area contributed by atoms with Crippen LogP contribution in [0.5, 0.6) is 5.75 Å². The van der Waals surface area contributed by atoms with E-state index in [2.05, 4.69) is 32.3 Å². The molecule has 0 fully saturated rings. The van der Waals surface area contributed by atoms with Gasteiger partial charge in [-0.3, -0.25) is 0 Å². The number of hydrogen-bond donors (Lipinski definition) is 2. The van der Waals surface area contributed by atoms with E-state index in [1.54, 1.807) is 35.7 Å². The molecule has 4 aromatic rings. The number of aromatic nitrogens is 3. The molecule has 0 aliphatic heterocycles. The Balaban J connectivity index is 1.62. The molecule has 0 radical (unpaired) electrons. The minimum Gasteiger partial charge on any atom is -0.508 e. The highest BCUT2D eigenvalue weighted by molar-refractivity contribution is 7.19. The Kier molecular flexibility index (Phi) is 4.90. The second kappa shape index (κ2) is 7.66. The lowest BCUT2D eigenvalue weighted by atomic mass is 10.3. The number of benzene rings is 2. The van der Waals surface area contributed by atoms with Gasteiger partial charge in [0.1, 0.15) is 5.75 Å². The maximum Gasteiger partial charge on any atom is 0.227 e. The van der Waals surface area contributed by atoms with E-state index in [-0.39, 0.29) is 5.75 Å². The summed E-state index contributed by atoms with van der Waals surface area (Å²) in [6.07, 6.45) is 1.72. The van der Waals surface area contributed by atoms with Gasteiger partial charge in [-0.25, -0.2) is 15.0 Å². The summed E-state index contributed by atoms with van der Waals surface area (Å²) in [6.45, 7) is 1.98. The highest BCUT2D eigenvalue weighted by Crippen LogP contribution is 2.36. The van der Waals surface area contributed by atoms with Crippen molar-refractivity contribution in [2.75, 3.05) is 17.3 Å². The summed E-state index contributed by atoms with van der Waals surface area (Å²) in [7, 11) is 2.01. The lowest BCUT2D eigenvalue weighted by Gasteiger charge is -2.15.